The minimum absolute atomic E-state index is 0.00115. The van der Waals surface area contributed by atoms with Gasteiger partial charge < -0.3 is 16.0 Å². The lowest BCUT2D eigenvalue weighted by Gasteiger charge is -2.49. The minimum atomic E-state index is -0.0275. The highest BCUT2D eigenvalue weighted by molar-refractivity contribution is 5.93. The molecule has 4 aliphatic carbocycles. The molecule has 1 spiro atoms. The molecule has 2 amide bonds. The van der Waals surface area contributed by atoms with Crippen LogP contribution < -0.4 is 16.0 Å². The van der Waals surface area contributed by atoms with Crippen LogP contribution in [0.5, 0.6) is 0 Å². The number of carbonyl (C=O) groups excluding carboxylic acids is 2. The maximum atomic E-state index is 13.2. The van der Waals surface area contributed by atoms with E-state index in [-0.39, 0.29) is 11.8 Å². The van der Waals surface area contributed by atoms with E-state index in [1.165, 1.54) is 45.4 Å². The summed E-state index contributed by atoms with van der Waals surface area (Å²) in [6.07, 6.45) is 10.3. The highest BCUT2D eigenvalue weighted by atomic mass is 16.2. The first-order chi connectivity index (χ1) is 15.5. The molecule has 5 unspecified atom stereocenters. The fraction of sp³-hybridized carbons (Fsp3) is 0.640. The van der Waals surface area contributed by atoms with Gasteiger partial charge in [0.25, 0.3) is 5.91 Å². The van der Waals surface area contributed by atoms with Gasteiger partial charge in [-0.05, 0) is 79.2 Å². The van der Waals surface area contributed by atoms with Gasteiger partial charge in [-0.25, -0.2) is 4.98 Å². The standard InChI is InChI=1S/C25H33N5O2/c1-16(31)27-6-5-26-12-20-13-30-21(3-2-4-22(30)29-20)23(32)28-15-24-9-17-7-18-8-19(11-24)25(18,10-17)14-24/h2-4,13,17-19,26H,5-12,14-15H2,1H3,(H,27,31)(H,28,32). The topological polar surface area (TPSA) is 87.5 Å². The predicted octanol–water partition coefficient (Wildman–Crippen LogP) is 2.51. The molecular formula is C25H33N5O2. The third-order valence-corrected chi connectivity index (χ3v) is 8.97. The van der Waals surface area contributed by atoms with E-state index in [9.17, 15) is 9.59 Å². The number of amides is 2. The van der Waals surface area contributed by atoms with Gasteiger partial charge in [-0.3, -0.25) is 14.0 Å². The summed E-state index contributed by atoms with van der Waals surface area (Å²) in [5.74, 6) is 2.78. The molecule has 0 radical (unpaired) electrons. The summed E-state index contributed by atoms with van der Waals surface area (Å²) in [6, 6.07) is 5.72. The Kier molecular flexibility index (Phi) is 4.61. The number of hydrogen-bond acceptors (Lipinski definition) is 4. The zero-order valence-corrected chi connectivity index (χ0v) is 18.8. The summed E-state index contributed by atoms with van der Waals surface area (Å²) in [5, 5.41) is 9.37. The highest BCUT2D eigenvalue weighted by Crippen LogP contribution is 2.78. The average Bonchev–Trinajstić information content (AvgIpc) is 3.32. The van der Waals surface area contributed by atoms with E-state index in [0.717, 1.165) is 35.6 Å². The van der Waals surface area contributed by atoms with Gasteiger partial charge in [0, 0.05) is 39.3 Å². The molecule has 3 bridgehead atoms. The SMILES string of the molecule is CC(=O)NCCNCc1cn2c(C(=O)NCC34CC5CC6CC(C3)C6(C5)C4)cccc2n1. The van der Waals surface area contributed by atoms with Crippen molar-refractivity contribution in [2.24, 2.45) is 28.6 Å². The molecule has 0 aliphatic heterocycles. The number of hydrogen-bond donors (Lipinski definition) is 3. The molecule has 4 saturated carbocycles. The van der Waals surface area contributed by atoms with E-state index in [0.29, 0.717) is 36.2 Å². The van der Waals surface area contributed by atoms with Crippen molar-refractivity contribution in [2.45, 2.75) is 52.0 Å². The number of rotatable bonds is 8. The van der Waals surface area contributed by atoms with Crippen LogP contribution in [0.25, 0.3) is 5.65 Å². The second kappa shape index (κ2) is 7.30. The van der Waals surface area contributed by atoms with Crippen LogP contribution in [0.1, 0.15) is 61.6 Å². The van der Waals surface area contributed by atoms with Crippen LogP contribution in [0.4, 0.5) is 0 Å². The molecule has 5 atom stereocenters. The van der Waals surface area contributed by atoms with E-state index < -0.39 is 0 Å². The highest BCUT2D eigenvalue weighted by Gasteiger charge is 2.70. The molecule has 3 N–H and O–H groups in total. The van der Waals surface area contributed by atoms with Gasteiger partial charge in [0.1, 0.15) is 11.3 Å². The normalized spacial score (nSPS) is 33.8. The molecule has 32 heavy (non-hydrogen) atoms. The lowest BCUT2D eigenvalue weighted by atomic mass is 9.55. The van der Waals surface area contributed by atoms with Gasteiger partial charge >= 0.3 is 0 Å². The summed E-state index contributed by atoms with van der Waals surface area (Å²) in [6.45, 7) is 4.18. The number of carbonyl (C=O) groups is 2. The molecule has 6 rings (SSSR count). The first kappa shape index (κ1) is 20.2. The Morgan fingerprint density at radius 1 is 1.12 bits per heavy atom. The van der Waals surface area contributed by atoms with Crippen LogP contribution in [0.15, 0.2) is 24.4 Å². The van der Waals surface area contributed by atoms with Crippen LogP contribution in [0.3, 0.4) is 0 Å². The predicted molar refractivity (Wildman–Crippen MR) is 121 cm³/mol. The van der Waals surface area contributed by atoms with Crippen LogP contribution in [-0.2, 0) is 11.3 Å². The summed E-state index contributed by atoms with van der Waals surface area (Å²) in [4.78, 5) is 28.8. The molecule has 170 valence electrons. The Balaban J connectivity index is 1.11. The third kappa shape index (κ3) is 3.16. The van der Waals surface area contributed by atoms with Crippen LogP contribution >= 0.6 is 0 Å². The molecule has 2 aromatic heterocycles. The summed E-state index contributed by atoms with van der Waals surface area (Å²) in [7, 11) is 0. The lowest BCUT2D eigenvalue weighted by Crippen LogP contribution is -2.43. The zero-order chi connectivity index (χ0) is 21.9. The summed E-state index contributed by atoms with van der Waals surface area (Å²) < 4.78 is 1.90. The number of pyridine rings is 1. The first-order valence-electron chi connectivity index (χ1n) is 12.2. The summed E-state index contributed by atoms with van der Waals surface area (Å²) >= 11 is 0. The molecule has 7 heteroatoms. The fourth-order valence-corrected chi connectivity index (χ4v) is 7.98. The molecule has 0 aromatic carbocycles. The average molecular weight is 436 g/mol. The zero-order valence-electron chi connectivity index (χ0n) is 18.8. The van der Waals surface area contributed by atoms with Gasteiger partial charge in [0.15, 0.2) is 0 Å². The Hall–Kier alpha value is -2.41. The number of imidazole rings is 1. The van der Waals surface area contributed by atoms with E-state index in [1.54, 1.807) is 0 Å². The maximum Gasteiger partial charge on any atom is 0.268 e. The molecule has 2 aromatic rings. The van der Waals surface area contributed by atoms with Crippen LogP contribution in [-0.4, -0.2) is 40.8 Å². The molecule has 0 saturated heterocycles. The van der Waals surface area contributed by atoms with Crippen molar-refractivity contribution in [3.8, 4) is 0 Å². The van der Waals surface area contributed by atoms with E-state index in [4.69, 9.17) is 0 Å². The number of nitrogens with zero attached hydrogens (tertiary/aromatic N) is 2. The van der Waals surface area contributed by atoms with Gasteiger partial charge in [-0.15, -0.1) is 0 Å². The van der Waals surface area contributed by atoms with Crippen molar-refractivity contribution in [2.75, 3.05) is 19.6 Å². The smallest absolute Gasteiger partial charge is 0.268 e. The van der Waals surface area contributed by atoms with Crippen molar-refractivity contribution < 1.29 is 9.59 Å². The van der Waals surface area contributed by atoms with Gasteiger partial charge in [-0.2, -0.15) is 0 Å². The van der Waals surface area contributed by atoms with Crippen molar-refractivity contribution in [1.82, 2.24) is 25.3 Å². The Morgan fingerprint density at radius 2 is 2.03 bits per heavy atom. The quantitative estimate of drug-likeness (QED) is 0.556. The molecule has 2 heterocycles. The number of aromatic nitrogens is 2. The van der Waals surface area contributed by atoms with Gasteiger partial charge in [0.2, 0.25) is 5.91 Å². The van der Waals surface area contributed by atoms with Crippen LogP contribution in [0, 0.1) is 28.6 Å². The maximum absolute atomic E-state index is 13.2. The Labute approximate surface area is 188 Å². The molecule has 4 fully saturated rings. The van der Waals surface area contributed by atoms with E-state index in [2.05, 4.69) is 20.9 Å². The third-order valence-electron chi connectivity index (χ3n) is 8.97. The van der Waals surface area contributed by atoms with Crippen LogP contribution in [0.2, 0.25) is 0 Å². The fourth-order valence-electron chi connectivity index (χ4n) is 7.98. The molecule has 4 aliphatic rings. The second-order valence-corrected chi connectivity index (χ2v) is 11.0. The van der Waals surface area contributed by atoms with Gasteiger partial charge in [-0.1, -0.05) is 6.07 Å². The lowest BCUT2D eigenvalue weighted by molar-refractivity contribution is -0.118. The van der Waals surface area contributed by atoms with Crippen molar-refractivity contribution in [3.05, 3.63) is 35.8 Å². The second-order valence-electron chi connectivity index (χ2n) is 11.0. The van der Waals surface area contributed by atoms with Crippen molar-refractivity contribution >= 4 is 17.5 Å². The number of nitrogens with one attached hydrogen (secondary N) is 3. The van der Waals surface area contributed by atoms with E-state index >= 15 is 0 Å². The largest absolute Gasteiger partial charge is 0.355 e. The van der Waals surface area contributed by atoms with Crippen molar-refractivity contribution in [1.29, 1.82) is 0 Å². The number of fused-ring (bicyclic) bond motifs is 3. The first-order valence-corrected chi connectivity index (χ1v) is 12.2. The van der Waals surface area contributed by atoms with E-state index in [1.807, 2.05) is 28.8 Å². The Bertz CT molecular complexity index is 1080. The molecular weight excluding hydrogens is 402 g/mol. The Morgan fingerprint density at radius 3 is 2.91 bits per heavy atom. The van der Waals surface area contributed by atoms with Gasteiger partial charge in [0.05, 0.1) is 5.69 Å². The molecule has 7 nitrogen and oxygen atoms in total. The van der Waals surface area contributed by atoms with Crippen molar-refractivity contribution in [3.63, 3.8) is 0 Å². The monoisotopic (exact) mass is 435 g/mol. The minimum Gasteiger partial charge on any atom is -0.355 e. The summed E-state index contributed by atoms with van der Waals surface area (Å²) in [5.41, 5.74) is 3.30.